The smallest absolute Gasteiger partial charge is 0.201 e. The van der Waals surface area contributed by atoms with Crippen molar-refractivity contribution in [3.63, 3.8) is 0 Å². The Morgan fingerprint density at radius 1 is 0.895 bits per heavy atom. The first-order valence-electron chi connectivity index (χ1n) is 12.9. The third kappa shape index (κ3) is 6.09. The Morgan fingerprint density at radius 3 is 2.29 bits per heavy atom. The van der Waals surface area contributed by atoms with Gasteiger partial charge in [-0.15, -0.1) is 6.58 Å². The van der Waals surface area contributed by atoms with Crippen LogP contribution < -0.4 is 4.74 Å². The van der Waals surface area contributed by atoms with E-state index in [1.165, 1.54) is 24.3 Å². The largest absolute Gasteiger partial charge is 0.491 e. The molecule has 1 fully saturated rings. The molecule has 0 bridgehead atoms. The first-order valence-corrected chi connectivity index (χ1v) is 12.9. The van der Waals surface area contributed by atoms with Crippen molar-refractivity contribution in [2.75, 3.05) is 13.2 Å². The summed E-state index contributed by atoms with van der Waals surface area (Å²) in [5.41, 5.74) is 0.949. The van der Waals surface area contributed by atoms with Gasteiger partial charge in [-0.2, -0.15) is 4.39 Å². The van der Waals surface area contributed by atoms with Gasteiger partial charge in [-0.3, -0.25) is 0 Å². The molecule has 2 unspecified atom stereocenters. The molecule has 0 saturated carbocycles. The molecule has 2 nitrogen and oxygen atoms in total. The average Bonchev–Trinajstić information content (AvgIpc) is 2.92. The Balaban J connectivity index is 1.37. The fourth-order valence-electron chi connectivity index (χ4n) is 4.92. The normalized spacial score (nSPS) is 17.4. The van der Waals surface area contributed by atoms with E-state index in [1.807, 2.05) is 12.1 Å². The van der Waals surface area contributed by atoms with Crippen molar-refractivity contribution in [3.8, 4) is 16.9 Å². The van der Waals surface area contributed by atoms with Crippen LogP contribution in [0.15, 0.2) is 55.1 Å². The number of benzene rings is 3. The molecule has 0 radical (unpaired) electrons. The van der Waals surface area contributed by atoms with E-state index in [1.54, 1.807) is 19.1 Å². The lowest BCUT2D eigenvalue weighted by Crippen LogP contribution is -2.26. The van der Waals surface area contributed by atoms with Gasteiger partial charge >= 0.3 is 0 Å². The van der Waals surface area contributed by atoms with Crippen LogP contribution in [0, 0.1) is 29.1 Å². The molecule has 0 aliphatic carbocycles. The van der Waals surface area contributed by atoms with Crippen LogP contribution in [0.4, 0.5) is 22.0 Å². The zero-order valence-electron chi connectivity index (χ0n) is 21.3. The molecule has 1 aliphatic heterocycles. The van der Waals surface area contributed by atoms with Gasteiger partial charge in [-0.05, 0) is 80.3 Å². The van der Waals surface area contributed by atoms with Crippen molar-refractivity contribution in [1.82, 2.24) is 0 Å². The van der Waals surface area contributed by atoms with Crippen molar-refractivity contribution < 1.29 is 31.4 Å². The van der Waals surface area contributed by atoms with E-state index < -0.39 is 23.3 Å². The second-order valence-electron chi connectivity index (χ2n) is 9.52. The zero-order valence-corrected chi connectivity index (χ0v) is 21.3. The van der Waals surface area contributed by atoms with E-state index in [9.17, 15) is 22.0 Å². The highest BCUT2D eigenvalue weighted by Crippen LogP contribution is 2.35. The maximum absolute atomic E-state index is 14.9. The molecule has 1 saturated heterocycles. The second kappa shape index (κ2) is 12.6. The molecule has 3 aromatic rings. The Morgan fingerprint density at radius 2 is 1.63 bits per heavy atom. The summed E-state index contributed by atoms with van der Waals surface area (Å²) in [5.74, 6) is -5.45. The number of allylic oxidation sites excluding steroid dienone is 1. The highest BCUT2D eigenvalue weighted by Gasteiger charge is 2.26. The third-order valence-electron chi connectivity index (χ3n) is 7.05. The summed E-state index contributed by atoms with van der Waals surface area (Å²) in [6.45, 7) is 5.81. The van der Waals surface area contributed by atoms with Crippen molar-refractivity contribution >= 4 is 0 Å². The second-order valence-corrected chi connectivity index (χ2v) is 9.52. The van der Waals surface area contributed by atoms with E-state index in [-0.39, 0.29) is 53.3 Å². The highest BCUT2D eigenvalue weighted by molar-refractivity contribution is 5.66. The summed E-state index contributed by atoms with van der Waals surface area (Å²) in [7, 11) is 0. The van der Waals surface area contributed by atoms with Crippen molar-refractivity contribution in [3.05, 3.63) is 101 Å². The number of hydrogen-bond donors (Lipinski definition) is 0. The van der Waals surface area contributed by atoms with Crippen molar-refractivity contribution in [2.24, 2.45) is 0 Å². The lowest BCUT2D eigenvalue weighted by molar-refractivity contribution is -0.00128. The SMILES string of the molecule is C=CCCc1ccc(C2CCC(CCc3ccc(-c4ccc(OCC)c(F)c4F)c(F)c3F)OC2)c(F)c1. The summed E-state index contributed by atoms with van der Waals surface area (Å²) in [5, 5.41) is 0. The molecule has 7 heteroatoms. The molecule has 4 rings (SSSR count). The summed E-state index contributed by atoms with van der Waals surface area (Å²) in [6.07, 6.45) is 5.24. The molecule has 0 N–H and O–H groups in total. The molecule has 0 amide bonds. The van der Waals surface area contributed by atoms with Gasteiger partial charge in [0.05, 0.1) is 19.3 Å². The van der Waals surface area contributed by atoms with Gasteiger partial charge in [-0.1, -0.05) is 30.3 Å². The number of rotatable bonds is 10. The third-order valence-corrected chi connectivity index (χ3v) is 7.05. The molecule has 202 valence electrons. The molecular formula is C31H31F5O2. The molecule has 2 atom stereocenters. The lowest BCUT2D eigenvalue weighted by Gasteiger charge is -2.30. The predicted molar refractivity (Wildman–Crippen MR) is 138 cm³/mol. The van der Waals surface area contributed by atoms with Gasteiger partial charge < -0.3 is 9.47 Å². The molecule has 1 heterocycles. The van der Waals surface area contributed by atoms with Gasteiger partial charge in [0.1, 0.15) is 5.82 Å². The number of aryl methyl sites for hydroxylation is 2. The van der Waals surface area contributed by atoms with Gasteiger partial charge in [-0.25, -0.2) is 17.6 Å². The summed E-state index contributed by atoms with van der Waals surface area (Å²) < 4.78 is 84.1. The monoisotopic (exact) mass is 530 g/mol. The average molecular weight is 531 g/mol. The van der Waals surface area contributed by atoms with E-state index in [0.717, 1.165) is 24.8 Å². The van der Waals surface area contributed by atoms with E-state index in [2.05, 4.69) is 6.58 Å². The van der Waals surface area contributed by atoms with E-state index >= 15 is 0 Å². The minimum atomic E-state index is -1.30. The summed E-state index contributed by atoms with van der Waals surface area (Å²) in [4.78, 5) is 0. The molecule has 0 aromatic heterocycles. The van der Waals surface area contributed by atoms with E-state index in [0.29, 0.717) is 25.0 Å². The standard InChI is InChI=1S/C31H31F5O2/c1-3-5-6-19-7-13-23(26(32)17-19)21-9-12-22(38-18-21)11-8-20-10-14-24(29(34)28(20)33)25-15-16-27(37-4-2)31(36)30(25)35/h3,7,10,13-17,21-22H,1,4-6,8-9,11-12,18H2,2H3. The zero-order chi connectivity index (χ0) is 27.2. The van der Waals surface area contributed by atoms with Crippen LogP contribution in [0.5, 0.6) is 5.75 Å². The van der Waals surface area contributed by atoms with Gasteiger partial charge in [0.15, 0.2) is 23.2 Å². The Bertz CT molecular complexity index is 1280. The molecule has 3 aromatic carbocycles. The first-order chi connectivity index (χ1) is 18.3. The molecule has 0 spiro atoms. The summed E-state index contributed by atoms with van der Waals surface area (Å²) in [6, 6.07) is 10.3. The predicted octanol–water partition coefficient (Wildman–Crippen LogP) is 8.46. The molecule has 38 heavy (non-hydrogen) atoms. The van der Waals surface area contributed by atoms with Crippen LogP contribution >= 0.6 is 0 Å². The van der Waals surface area contributed by atoms with Crippen molar-refractivity contribution in [1.29, 1.82) is 0 Å². The minimum Gasteiger partial charge on any atom is -0.491 e. The minimum absolute atomic E-state index is 0.0578. The fraction of sp³-hybridized carbons (Fsp3) is 0.355. The molecular weight excluding hydrogens is 499 g/mol. The maximum atomic E-state index is 14.9. The highest BCUT2D eigenvalue weighted by atomic mass is 19.2. The summed E-state index contributed by atoms with van der Waals surface area (Å²) >= 11 is 0. The van der Waals surface area contributed by atoms with Crippen LogP contribution in [-0.2, 0) is 17.6 Å². The Labute approximate surface area is 220 Å². The topological polar surface area (TPSA) is 18.5 Å². The van der Waals surface area contributed by atoms with Crippen LogP contribution in [0.3, 0.4) is 0 Å². The van der Waals surface area contributed by atoms with Gasteiger partial charge in [0.25, 0.3) is 0 Å². The van der Waals surface area contributed by atoms with Crippen LogP contribution in [0.1, 0.15) is 55.2 Å². The Hall–Kier alpha value is -3.19. The van der Waals surface area contributed by atoms with Crippen molar-refractivity contribution in [2.45, 2.75) is 57.5 Å². The number of halogens is 5. The lowest BCUT2D eigenvalue weighted by atomic mass is 9.88. The molecule has 1 aliphatic rings. The van der Waals surface area contributed by atoms with Crippen LogP contribution in [-0.4, -0.2) is 19.3 Å². The van der Waals surface area contributed by atoms with Gasteiger partial charge in [0, 0.05) is 17.0 Å². The Kier molecular flexibility index (Phi) is 9.21. The van der Waals surface area contributed by atoms with Crippen LogP contribution in [0.25, 0.3) is 11.1 Å². The maximum Gasteiger partial charge on any atom is 0.201 e. The first kappa shape index (κ1) is 27.8. The number of hydrogen-bond acceptors (Lipinski definition) is 2. The fourth-order valence-corrected chi connectivity index (χ4v) is 4.92. The van der Waals surface area contributed by atoms with Crippen LogP contribution in [0.2, 0.25) is 0 Å². The quantitative estimate of drug-likeness (QED) is 0.193. The number of ether oxygens (including phenoxy) is 2. The van der Waals surface area contributed by atoms with E-state index in [4.69, 9.17) is 9.47 Å². The van der Waals surface area contributed by atoms with Gasteiger partial charge in [0.2, 0.25) is 5.82 Å².